The van der Waals surface area contributed by atoms with Gasteiger partial charge in [0.25, 0.3) is 0 Å². The zero-order chi connectivity index (χ0) is 35.3. The van der Waals surface area contributed by atoms with Crippen LogP contribution in [-0.4, -0.2) is 23.9 Å². The van der Waals surface area contributed by atoms with Crippen LogP contribution in [0.1, 0.15) is 143 Å². The molecule has 0 aliphatic carbocycles. The summed E-state index contributed by atoms with van der Waals surface area (Å²) in [7, 11) is 0. The average Bonchev–Trinajstić information content (AvgIpc) is 3.09. The van der Waals surface area contributed by atoms with E-state index in [1.165, 1.54) is 51.4 Å². The quantitative estimate of drug-likeness (QED) is 0.0590. The Balaban J connectivity index is 1.45. The molecule has 0 aromatic heterocycles. The largest absolute Gasteiger partial charge is 0.427 e. The number of benzene rings is 3. The van der Waals surface area contributed by atoms with Crippen LogP contribution in [0.4, 0.5) is 0 Å². The fraction of sp³-hybridized carbons (Fsp3) is 0.463. The summed E-state index contributed by atoms with van der Waals surface area (Å²) in [6.07, 6.45) is 16.4. The lowest BCUT2D eigenvalue weighted by Gasteiger charge is -2.12. The molecule has 0 saturated heterocycles. The van der Waals surface area contributed by atoms with E-state index in [1.807, 2.05) is 0 Å². The molecule has 0 heterocycles. The second-order valence-corrected chi connectivity index (χ2v) is 12.4. The van der Waals surface area contributed by atoms with Gasteiger partial charge in [-0.2, -0.15) is 0 Å². The zero-order valence-electron chi connectivity index (χ0n) is 29.4. The standard InChI is InChI=1S/C41H52O8/c1-4-6-8-10-12-14-16-21-38(42)46-32-23-27-34(28-24-32)48-40(44)36-19-18-20-37(31(36)3)41(45)49-35-29-25-33(26-30-35)47-39(43)22-17-15-13-11-9-7-5-2/h18-20,23-30H,4-17,21-22H2,1-3H3. The number of ether oxygens (including phenoxy) is 4. The highest BCUT2D eigenvalue weighted by atomic mass is 16.5. The summed E-state index contributed by atoms with van der Waals surface area (Å²) in [5.41, 5.74) is 0.829. The predicted octanol–water partition coefficient (Wildman–Crippen LogP) is 10.5. The lowest BCUT2D eigenvalue weighted by Crippen LogP contribution is -2.15. The molecule has 0 aliphatic rings. The van der Waals surface area contributed by atoms with Crippen molar-refractivity contribution in [2.75, 3.05) is 0 Å². The van der Waals surface area contributed by atoms with Crippen molar-refractivity contribution in [2.45, 2.75) is 124 Å². The minimum absolute atomic E-state index is 0.211. The van der Waals surface area contributed by atoms with Crippen LogP contribution < -0.4 is 18.9 Å². The molecule has 0 bridgehead atoms. The first kappa shape index (κ1) is 39.0. The Kier molecular flexibility index (Phi) is 17.7. The molecule has 0 aliphatic heterocycles. The Morgan fingerprint density at radius 2 is 0.735 bits per heavy atom. The molecule has 3 aromatic rings. The summed E-state index contributed by atoms with van der Waals surface area (Å²) in [5.74, 6) is -0.555. The fourth-order valence-electron chi connectivity index (χ4n) is 5.37. The smallest absolute Gasteiger partial charge is 0.343 e. The van der Waals surface area contributed by atoms with Crippen molar-refractivity contribution in [1.29, 1.82) is 0 Å². The molecule has 0 spiro atoms. The second-order valence-electron chi connectivity index (χ2n) is 12.4. The number of unbranched alkanes of at least 4 members (excludes halogenated alkanes) is 12. The maximum absolute atomic E-state index is 13.0. The average molecular weight is 673 g/mol. The molecule has 0 atom stereocenters. The summed E-state index contributed by atoms with van der Waals surface area (Å²) < 4.78 is 21.9. The molecule has 3 rings (SSSR count). The van der Waals surface area contributed by atoms with Crippen LogP contribution in [0.3, 0.4) is 0 Å². The van der Waals surface area contributed by atoms with E-state index in [1.54, 1.807) is 73.7 Å². The van der Waals surface area contributed by atoms with Crippen molar-refractivity contribution in [2.24, 2.45) is 0 Å². The molecule has 0 saturated carbocycles. The van der Waals surface area contributed by atoms with Gasteiger partial charge in [-0.25, -0.2) is 9.59 Å². The first-order chi connectivity index (χ1) is 23.8. The third-order valence-corrected chi connectivity index (χ3v) is 8.27. The van der Waals surface area contributed by atoms with E-state index in [4.69, 9.17) is 18.9 Å². The van der Waals surface area contributed by atoms with Crippen LogP contribution in [0.15, 0.2) is 66.7 Å². The van der Waals surface area contributed by atoms with E-state index >= 15 is 0 Å². The Hall–Kier alpha value is -4.46. The molecule has 49 heavy (non-hydrogen) atoms. The van der Waals surface area contributed by atoms with Gasteiger partial charge in [-0.05, 0) is 86.0 Å². The highest BCUT2D eigenvalue weighted by Crippen LogP contribution is 2.24. The number of hydrogen-bond donors (Lipinski definition) is 0. The molecular formula is C41H52O8. The summed E-state index contributed by atoms with van der Waals surface area (Å²) in [5, 5.41) is 0. The number of hydrogen-bond acceptors (Lipinski definition) is 8. The van der Waals surface area contributed by atoms with Crippen LogP contribution in [0, 0.1) is 6.92 Å². The van der Waals surface area contributed by atoms with Gasteiger partial charge in [0.2, 0.25) is 0 Å². The third kappa shape index (κ3) is 14.7. The summed E-state index contributed by atoms with van der Waals surface area (Å²) >= 11 is 0. The van der Waals surface area contributed by atoms with Crippen molar-refractivity contribution in [3.63, 3.8) is 0 Å². The Labute approximate surface area is 291 Å². The number of rotatable bonds is 22. The molecule has 3 aromatic carbocycles. The number of carbonyl (C=O) groups excluding carboxylic acids is 4. The lowest BCUT2D eigenvalue weighted by molar-refractivity contribution is -0.135. The highest BCUT2D eigenvalue weighted by molar-refractivity contribution is 5.99. The highest BCUT2D eigenvalue weighted by Gasteiger charge is 2.19. The molecule has 0 amide bonds. The van der Waals surface area contributed by atoms with Crippen molar-refractivity contribution < 1.29 is 38.1 Å². The minimum Gasteiger partial charge on any atom is -0.427 e. The van der Waals surface area contributed by atoms with Gasteiger partial charge in [-0.1, -0.05) is 97.0 Å². The van der Waals surface area contributed by atoms with Gasteiger partial charge in [0.05, 0.1) is 11.1 Å². The van der Waals surface area contributed by atoms with Crippen LogP contribution in [0.5, 0.6) is 23.0 Å². The van der Waals surface area contributed by atoms with Crippen molar-refractivity contribution >= 4 is 23.9 Å². The summed E-state index contributed by atoms with van der Waals surface area (Å²) in [4.78, 5) is 50.4. The van der Waals surface area contributed by atoms with E-state index in [9.17, 15) is 19.2 Å². The fourth-order valence-corrected chi connectivity index (χ4v) is 5.37. The van der Waals surface area contributed by atoms with E-state index in [0.717, 1.165) is 38.5 Å². The van der Waals surface area contributed by atoms with Gasteiger partial charge in [0, 0.05) is 12.8 Å². The lowest BCUT2D eigenvalue weighted by atomic mass is 10.0. The minimum atomic E-state index is -0.640. The van der Waals surface area contributed by atoms with Gasteiger partial charge in [0.15, 0.2) is 0 Å². The Bertz CT molecular complexity index is 1350. The molecule has 0 fully saturated rings. The maximum Gasteiger partial charge on any atom is 0.343 e. The maximum atomic E-state index is 13.0. The normalized spacial score (nSPS) is 10.8. The van der Waals surface area contributed by atoms with Crippen LogP contribution in [0.2, 0.25) is 0 Å². The van der Waals surface area contributed by atoms with Crippen molar-refractivity contribution in [1.82, 2.24) is 0 Å². The first-order valence-electron chi connectivity index (χ1n) is 18.0. The Morgan fingerprint density at radius 3 is 1.08 bits per heavy atom. The Morgan fingerprint density at radius 1 is 0.429 bits per heavy atom. The monoisotopic (exact) mass is 672 g/mol. The third-order valence-electron chi connectivity index (χ3n) is 8.27. The molecule has 8 heteroatoms. The first-order valence-corrected chi connectivity index (χ1v) is 18.0. The van der Waals surface area contributed by atoms with E-state index in [2.05, 4.69) is 13.8 Å². The molecule has 0 unspecified atom stereocenters. The topological polar surface area (TPSA) is 105 Å². The van der Waals surface area contributed by atoms with Gasteiger partial charge >= 0.3 is 23.9 Å². The van der Waals surface area contributed by atoms with E-state index < -0.39 is 11.9 Å². The van der Waals surface area contributed by atoms with Gasteiger partial charge in [-0.15, -0.1) is 0 Å². The SMILES string of the molecule is CCCCCCCCCC(=O)Oc1ccc(OC(=O)c2cccc(C(=O)Oc3ccc(OC(=O)CCCCCCCCC)cc3)c2C)cc1. The van der Waals surface area contributed by atoms with Gasteiger partial charge < -0.3 is 18.9 Å². The second kappa shape index (κ2) is 22.2. The number of esters is 4. The summed E-state index contributed by atoms with van der Waals surface area (Å²) in [6, 6.07) is 17.3. The molecule has 0 N–H and O–H groups in total. The molecule has 8 nitrogen and oxygen atoms in total. The van der Waals surface area contributed by atoms with Crippen LogP contribution in [0.25, 0.3) is 0 Å². The predicted molar refractivity (Wildman–Crippen MR) is 190 cm³/mol. The van der Waals surface area contributed by atoms with E-state index in [0.29, 0.717) is 29.9 Å². The number of carbonyl (C=O) groups is 4. The molecule has 0 radical (unpaired) electrons. The van der Waals surface area contributed by atoms with E-state index in [-0.39, 0.29) is 34.6 Å². The van der Waals surface area contributed by atoms with Crippen molar-refractivity contribution in [3.05, 3.63) is 83.4 Å². The molecular weight excluding hydrogens is 620 g/mol. The van der Waals surface area contributed by atoms with Crippen LogP contribution >= 0.6 is 0 Å². The zero-order valence-corrected chi connectivity index (χ0v) is 29.4. The van der Waals surface area contributed by atoms with Gasteiger partial charge in [-0.3, -0.25) is 9.59 Å². The van der Waals surface area contributed by atoms with Gasteiger partial charge in [0.1, 0.15) is 23.0 Å². The summed E-state index contributed by atoms with van der Waals surface area (Å²) in [6.45, 7) is 6.03. The molecule has 264 valence electrons. The van der Waals surface area contributed by atoms with Crippen LogP contribution in [-0.2, 0) is 9.59 Å². The van der Waals surface area contributed by atoms with Crippen molar-refractivity contribution in [3.8, 4) is 23.0 Å².